The van der Waals surface area contributed by atoms with Crippen LogP contribution in [0.25, 0.3) is 0 Å². The third-order valence-electron chi connectivity index (χ3n) is 2.28. The first kappa shape index (κ1) is 13.9. The standard InChI is InChI=1S/C10H21BrN2O/c1-7(2)9(13(4)5)6-12-10(14)8(3)11/h7-9H,6H2,1-5H3,(H,12,14). The quantitative estimate of drug-likeness (QED) is 0.763. The minimum absolute atomic E-state index is 0.0532. The van der Waals surface area contributed by atoms with Gasteiger partial charge >= 0.3 is 0 Å². The molecular formula is C10H21BrN2O. The smallest absolute Gasteiger partial charge is 0.233 e. The molecule has 2 unspecified atom stereocenters. The van der Waals surface area contributed by atoms with E-state index in [9.17, 15) is 4.79 Å². The number of halogens is 1. The minimum Gasteiger partial charge on any atom is -0.354 e. The van der Waals surface area contributed by atoms with Crippen molar-refractivity contribution in [2.45, 2.75) is 31.6 Å². The molecule has 0 aromatic rings. The summed E-state index contributed by atoms with van der Waals surface area (Å²) in [5.74, 6) is 0.591. The molecule has 0 aromatic heterocycles. The van der Waals surface area contributed by atoms with E-state index in [0.29, 0.717) is 18.5 Å². The maximum Gasteiger partial charge on any atom is 0.233 e. The van der Waals surface area contributed by atoms with Crippen molar-refractivity contribution in [1.29, 1.82) is 0 Å². The highest BCUT2D eigenvalue weighted by Crippen LogP contribution is 2.06. The van der Waals surface area contributed by atoms with Crippen LogP contribution in [0.3, 0.4) is 0 Å². The molecule has 0 aliphatic carbocycles. The summed E-state index contributed by atoms with van der Waals surface area (Å²) in [4.78, 5) is 13.3. The molecule has 0 heterocycles. The lowest BCUT2D eigenvalue weighted by Gasteiger charge is -2.28. The van der Waals surface area contributed by atoms with E-state index in [0.717, 1.165) is 0 Å². The van der Waals surface area contributed by atoms with Crippen LogP contribution in [-0.2, 0) is 4.79 Å². The lowest BCUT2D eigenvalue weighted by molar-refractivity contribution is -0.120. The fraction of sp³-hybridized carbons (Fsp3) is 0.900. The number of hydrogen-bond acceptors (Lipinski definition) is 2. The summed E-state index contributed by atoms with van der Waals surface area (Å²) >= 11 is 3.24. The van der Waals surface area contributed by atoms with Crippen LogP contribution in [0.2, 0.25) is 0 Å². The second-order valence-electron chi connectivity index (χ2n) is 4.14. The van der Waals surface area contributed by atoms with Gasteiger partial charge in [0.15, 0.2) is 0 Å². The van der Waals surface area contributed by atoms with Gasteiger partial charge < -0.3 is 10.2 Å². The second kappa shape index (κ2) is 6.40. The van der Waals surface area contributed by atoms with Crippen LogP contribution < -0.4 is 5.32 Å². The van der Waals surface area contributed by atoms with Crippen molar-refractivity contribution in [3.8, 4) is 0 Å². The van der Waals surface area contributed by atoms with Gasteiger partial charge in [0, 0.05) is 12.6 Å². The summed E-state index contributed by atoms with van der Waals surface area (Å²) in [5, 5.41) is 2.92. The monoisotopic (exact) mass is 264 g/mol. The molecule has 84 valence electrons. The van der Waals surface area contributed by atoms with Gasteiger partial charge in [0.25, 0.3) is 0 Å². The van der Waals surface area contributed by atoms with Crippen molar-refractivity contribution in [2.24, 2.45) is 5.92 Å². The van der Waals surface area contributed by atoms with Crippen LogP contribution in [0.4, 0.5) is 0 Å². The molecule has 0 spiro atoms. The fourth-order valence-electron chi connectivity index (χ4n) is 1.36. The Labute approximate surface area is 95.4 Å². The molecule has 4 heteroatoms. The third-order valence-corrected chi connectivity index (χ3v) is 2.70. The van der Waals surface area contributed by atoms with Crippen molar-refractivity contribution in [3.63, 3.8) is 0 Å². The predicted octanol–water partition coefficient (Wildman–Crippen LogP) is 1.47. The molecule has 1 N–H and O–H groups in total. The molecule has 0 aliphatic heterocycles. The summed E-state index contributed by atoms with van der Waals surface area (Å²) in [6, 6.07) is 0.394. The average molecular weight is 265 g/mol. The van der Waals surface area contributed by atoms with E-state index in [1.54, 1.807) is 0 Å². The summed E-state index contributed by atoms with van der Waals surface area (Å²) < 4.78 is 0. The van der Waals surface area contributed by atoms with Crippen LogP contribution in [0.1, 0.15) is 20.8 Å². The molecule has 0 aromatic carbocycles. The molecule has 0 radical (unpaired) electrons. The topological polar surface area (TPSA) is 32.3 Å². The summed E-state index contributed by atoms with van der Waals surface area (Å²) in [7, 11) is 4.07. The van der Waals surface area contributed by atoms with Gasteiger partial charge in [-0.1, -0.05) is 29.8 Å². The van der Waals surface area contributed by atoms with Gasteiger partial charge in [-0.05, 0) is 26.9 Å². The van der Waals surface area contributed by atoms with Crippen molar-refractivity contribution in [2.75, 3.05) is 20.6 Å². The van der Waals surface area contributed by atoms with Crippen molar-refractivity contribution in [1.82, 2.24) is 10.2 Å². The first-order valence-electron chi connectivity index (χ1n) is 4.94. The molecule has 2 atom stereocenters. The Morgan fingerprint density at radius 3 is 2.14 bits per heavy atom. The maximum atomic E-state index is 11.3. The van der Waals surface area contributed by atoms with Crippen molar-refractivity contribution in [3.05, 3.63) is 0 Å². The van der Waals surface area contributed by atoms with Crippen molar-refractivity contribution >= 4 is 21.8 Å². The van der Waals surface area contributed by atoms with Crippen LogP contribution in [0.15, 0.2) is 0 Å². The highest BCUT2D eigenvalue weighted by Gasteiger charge is 2.17. The van der Waals surface area contributed by atoms with Crippen LogP contribution in [-0.4, -0.2) is 42.3 Å². The third kappa shape index (κ3) is 4.96. The minimum atomic E-state index is -0.113. The first-order chi connectivity index (χ1) is 6.36. The molecule has 1 amide bonds. The Hall–Kier alpha value is -0.0900. The zero-order chi connectivity index (χ0) is 11.3. The van der Waals surface area contributed by atoms with E-state index in [1.165, 1.54) is 0 Å². The molecule has 3 nitrogen and oxygen atoms in total. The zero-order valence-corrected chi connectivity index (χ0v) is 11.3. The molecule has 14 heavy (non-hydrogen) atoms. The maximum absolute atomic E-state index is 11.3. The van der Waals surface area contributed by atoms with Gasteiger partial charge in [-0.25, -0.2) is 0 Å². The number of alkyl halides is 1. The average Bonchev–Trinajstić information content (AvgIpc) is 2.02. The lowest BCUT2D eigenvalue weighted by atomic mass is 10.0. The van der Waals surface area contributed by atoms with Gasteiger partial charge in [0.2, 0.25) is 5.91 Å². The number of hydrogen-bond donors (Lipinski definition) is 1. The predicted molar refractivity (Wildman–Crippen MR) is 63.7 cm³/mol. The summed E-state index contributed by atoms with van der Waals surface area (Å²) in [6.45, 7) is 6.86. The first-order valence-corrected chi connectivity index (χ1v) is 5.86. The highest BCUT2D eigenvalue weighted by molar-refractivity contribution is 9.10. The van der Waals surface area contributed by atoms with E-state index in [-0.39, 0.29) is 10.7 Å². The molecule has 0 saturated carbocycles. The van der Waals surface area contributed by atoms with E-state index in [2.05, 4.69) is 40.0 Å². The molecular weight excluding hydrogens is 244 g/mol. The number of nitrogens with one attached hydrogen (secondary N) is 1. The lowest BCUT2D eigenvalue weighted by Crippen LogP contribution is -2.44. The Balaban J connectivity index is 4.01. The van der Waals surface area contributed by atoms with E-state index in [4.69, 9.17) is 0 Å². The van der Waals surface area contributed by atoms with Crippen LogP contribution in [0.5, 0.6) is 0 Å². The number of carbonyl (C=O) groups is 1. The molecule has 0 aliphatic rings. The van der Waals surface area contributed by atoms with Gasteiger partial charge in [0.1, 0.15) is 0 Å². The fourth-order valence-corrected chi connectivity index (χ4v) is 1.52. The summed E-state index contributed by atoms with van der Waals surface area (Å²) in [6.07, 6.45) is 0. The second-order valence-corrected chi connectivity index (χ2v) is 5.51. The zero-order valence-electron chi connectivity index (χ0n) is 9.67. The van der Waals surface area contributed by atoms with E-state index < -0.39 is 0 Å². The van der Waals surface area contributed by atoms with Gasteiger partial charge in [-0.2, -0.15) is 0 Å². The number of carbonyl (C=O) groups excluding carboxylic acids is 1. The van der Waals surface area contributed by atoms with E-state index >= 15 is 0 Å². The number of amides is 1. The van der Waals surface area contributed by atoms with Crippen LogP contribution >= 0.6 is 15.9 Å². The highest BCUT2D eigenvalue weighted by atomic mass is 79.9. The molecule has 0 bridgehead atoms. The SMILES string of the molecule is CC(Br)C(=O)NCC(C(C)C)N(C)C. The van der Waals surface area contributed by atoms with Crippen LogP contribution in [0, 0.1) is 5.92 Å². The van der Waals surface area contributed by atoms with E-state index in [1.807, 2.05) is 21.0 Å². The number of nitrogens with zero attached hydrogens (tertiary/aromatic N) is 1. The largest absolute Gasteiger partial charge is 0.354 e. The Morgan fingerprint density at radius 2 is 1.86 bits per heavy atom. The van der Waals surface area contributed by atoms with Gasteiger partial charge in [0.05, 0.1) is 4.83 Å². The number of likely N-dealkylation sites (N-methyl/N-ethyl adjacent to an activating group) is 1. The Morgan fingerprint density at radius 1 is 1.36 bits per heavy atom. The molecule has 0 rings (SSSR count). The summed E-state index contributed by atoms with van der Waals surface area (Å²) in [5.41, 5.74) is 0. The normalized spacial score (nSPS) is 15.7. The molecule has 0 fully saturated rings. The molecule has 0 saturated heterocycles. The number of rotatable bonds is 5. The van der Waals surface area contributed by atoms with Gasteiger partial charge in [-0.3, -0.25) is 4.79 Å². The van der Waals surface area contributed by atoms with Crippen molar-refractivity contribution < 1.29 is 4.79 Å². The Bertz CT molecular complexity index is 173. The Kier molecular flexibility index (Phi) is 6.36. The van der Waals surface area contributed by atoms with Gasteiger partial charge in [-0.15, -0.1) is 0 Å².